The summed E-state index contributed by atoms with van der Waals surface area (Å²) in [7, 11) is 0. The lowest BCUT2D eigenvalue weighted by atomic mass is 9.94. The minimum absolute atomic E-state index is 0.841. The molecule has 0 aromatic carbocycles. The van der Waals surface area contributed by atoms with Crippen molar-refractivity contribution in [2.24, 2.45) is 17.4 Å². The van der Waals surface area contributed by atoms with Crippen molar-refractivity contribution >= 4 is 0 Å². The Morgan fingerprint density at radius 1 is 0.917 bits per heavy atom. The Labute approximate surface area is 76.7 Å². The fraction of sp³-hybridized carbons (Fsp3) is 1.00. The monoisotopic (exact) mass is 172 g/mol. The number of hydrogen-bond donors (Lipinski definition) is 2. The average Bonchev–Trinajstić information content (AvgIpc) is 2.11. The summed E-state index contributed by atoms with van der Waals surface area (Å²) in [5, 5.41) is 0. The van der Waals surface area contributed by atoms with Crippen LogP contribution >= 0.6 is 0 Å². The number of nitrogens with two attached hydrogens (primary N) is 2. The van der Waals surface area contributed by atoms with Gasteiger partial charge in [0.2, 0.25) is 0 Å². The quantitative estimate of drug-likeness (QED) is 0.549. The maximum Gasteiger partial charge on any atom is -0.00772 e. The molecule has 0 aliphatic rings. The van der Waals surface area contributed by atoms with Crippen LogP contribution in [0.4, 0.5) is 0 Å². The van der Waals surface area contributed by atoms with E-state index in [-0.39, 0.29) is 0 Å². The highest BCUT2D eigenvalue weighted by Gasteiger charge is 2.04. The van der Waals surface area contributed by atoms with Crippen molar-refractivity contribution in [1.29, 1.82) is 0 Å². The summed E-state index contributed by atoms with van der Waals surface area (Å²) in [4.78, 5) is 0. The van der Waals surface area contributed by atoms with Gasteiger partial charge in [0.1, 0.15) is 0 Å². The molecule has 4 N–H and O–H groups in total. The lowest BCUT2D eigenvalue weighted by Gasteiger charge is -2.13. The van der Waals surface area contributed by atoms with Crippen molar-refractivity contribution in [3.8, 4) is 0 Å². The van der Waals surface area contributed by atoms with Crippen molar-refractivity contribution in [3.05, 3.63) is 0 Å². The first-order valence-electron chi connectivity index (χ1n) is 5.25. The van der Waals surface area contributed by atoms with Crippen LogP contribution in [0, 0.1) is 5.92 Å². The molecule has 0 fully saturated rings. The molecule has 12 heavy (non-hydrogen) atoms. The maximum absolute atomic E-state index is 5.47. The minimum atomic E-state index is 0.841. The lowest BCUT2D eigenvalue weighted by Crippen LogP contribution is -2.06. The smallest absolute Gasteiger partial charge is 0.00772 e. The highest BCUT2D eigenvalue weighted by atomic mass is 14.5. The molecule has 0 aromatic heterocycles. The van der Waals surface area contributed by atoms with Gasteiger partial charge in [-0.1, -0.05) is 26.2 Å². The molecule has 2 nitrogen and oxygen atoms in total. The molecule has 74 valence electrons. The number of rotatable bonds is 8. The molecule has 0 aromatic rings. The van der Waals surface area contributed by atoms with Crippen LogP contribution in [0.2, 0.25) is 0 Å². The van der Waals surface area contributed by atoms with Gasteiger partial charge in [-0.05, 0) is 38.3 Å². The largest absolute Gasteiger partial charge is 0.330 e. The van der Waals surface area contributed by atoms with Crippen molar-refractivity contribution in [2.75, 3.05) is 13.1 Å². The molecule has 0 radical (unpaired) electrons. The molecule has 2 heteroatoms. The fourth-order valence-corrected chi connectivity index (χ4v) is 1.54. The zero-order chi connectivity index (χ0) is 9.23. The van der Waals surface area contributed by atoms with Crippen LogP contribution in [0.3, 0.4) is 0 Å². The Kier molecular flexibility index (Phi) is 8.95. The fourth-order valence-electron chi connectivity index (χ4n) is 1.54. The Hall–Kier alpha value is -0.0800. The van der Waals surface area contributed by atoms with E-state index in [0.29, 0.717) is 0 Å². The second kappa shape index (κ2) is 9.01. The van der Waals surface area contributed by atoms with Crippen LogP contribution in [-0.4, -0.2) is 13.1 Å². The molecule has 0 rings (SSSR count). The Bertz CT molecular complexity index is 83.9. The summed E-state index contributed by atoms with van der Waals surface area (Å²) >= 11 is 0. The van der Waals surface area contributed by atoms with Crippen molar-refractivity contribution in [2.45, 2.75) is 45.4 Å². The second-order valence-electron chi connectivity index (χ2n) is 3.49. The molecule has 0 aliphatic heterocycles. The molecular formula is C10H24N2. The summed E-state index contributed by atoms with van der Waals surface area (Å²) in [5.41, 5.74) is 10.9. The zero-order valence-electron chi connectivity index (χ0n) is 8.39. The highest BCUT2D eigenvalue weighted by molar-refractivity contribution is 4.58. The van der Waals surface area contributed by atoms with Crippen LogP contribution in [0.15, 0.2) is 0 Å². The zero-order valence-corrected chi connectivity index (χ0v) is 8.39. The van der Waals surface area contributed by atoms with Crippen LogP contribution in [0.1, 0.15) is 45.4 Å². The van der Waals surface area contributed by atoms with Crippen LogP contribution < -0.4 is 11.5 Å². The minimum Gasteiger partial charge on any atom is -0.330 e. The molecule has 1 atom stereocenters. The van der Waals surface area contributed by atoms with Gasteiger partial charge in [0.05, 0.1) is 0 Å². The van der Waals surface area contributed by atoms with E-state index >= 15 is 0 Å². The Balaban J connectivity index is 3.26. The summed E-state index contributed by atoms with van der Waals surface area (Å²) < 4.78 is 0. The van der Waals surface area contributed by atoms with Crippen molar-refractivity contribution in [3.63, 3.8) is 0 Å². The molecule has 0 aliphatic carbocycles. The predicted molar refractivity (Wildman–Crippen MR) is 55.0 cm³/mol. The third-order valence-corrected chi connectivity index (χ3v) is 2.46. The first-order valence-corrected chi connectivity index (χ1v) is 5.25. The topological polar surface area (TPSA) is 52.0 Å². The van der Waals surface area contributed by atoms with Crippen molar-refractivity contribution in [1.82, 2.24) is 0 Å². The molecule has 0 heterocycles. The van der Waals surface area contributed by atoms with Crippen LogP contribution in [-0.2, 0) is 0 Å². The highest BCUT2D eigenvalue weighted by Crippen LogP contribution is 2.17. The van der Waals surface area contributed by atoms with E-state index in [2.05, 4.69) is 6.92 Å². The van der Waals surface area contributed by atoms with Crippen LogP contribution in [0.5, 0.6) is 0 Å². The van der Waals surface area contributed by atoms with E-state index in [1.165, 1.54) is 38.5 Å². The maximum atomic E-state index is 5.47. The van der Waals surface area contributed by atoms with Crippen LogP contribution in [0.25, 0.3) is 0 Å². The van der Waals surface area contributed by atoms with Gasteiger partial charge in [-0.15, -0.1) is 0 Å². The normalized spacial score (nSPS) is 13.2. The standard InChI is InChI=1S/C10H24N2/c1-2-10(7-5-9-12)6-3-4-8-11/h10H,2-9,11-12H2,1H3. The molecule has 0 spiro atoms. The summed E-state index contributed by atoms with van der Waals surface area (Å²) in [5.74, 6) is 0.889. The molecule has 0 saturated heterocycles. The Morgan fingerprint density at radius 2 is 1.50 bits per heavy atom. The van der Waals surface area contributed by atoms with Gasteiger partial charge in [-0.2, -0.15) is 0 Å². The SMILES string of the molecule is CCC(CCCN)CCCCN. The van der Waals surface area contributed by atoms with Gasteiger partial charge in [-0.25, -0.2) is 0 Å². The third-order valence-electron chi connectivity index (χ3n) is 2.46. The second-order valence-corrected chi connectivity index (χ2v) is 3.49. The number of unbranched alkanes of at least 4 members (excludes halogenated alkanes) is 1. The first-order chi connectivity index (χ1) is 5.85. The molecule has 0 bridgehead atoms. The van der Waals surface area contributed by atoms with Gasteiger partial charge in [-0.3, -0.25) is 0 Å². The van der Waals surface area contributed by atoms with E-state index < -0.39 is 0 Å². The molecule has 0 amide bonds. The summed E-state index contributed by atoms with van der Waals surface area (Å²) in [6, 6.07) is 0. The van der Waals surface area contributed by atoms with Gasteiger partial charge in [0.25, 0.3) is 0 Å². The predicted octanol–water partition coefficient (Wildman–Crippen LogP) is 1.88. The third kappa shape index (κ3) is 6.62. The Morgan fingerprint density at radius 3 is 2.00 bits per heavy atom. The average molecular weight is 172 g/mol. The number of hydrogen-bond acceptors (Lipinski definition) is 2. The molecule has 1 unspecified atom stereocenters. The van der Waals surface area contributed by atoms with Gasteiger partial charge in [0, 0.05) is 0 Å². The van der Waals surface area contributed by atoms with Crippen molar-refractivity contribution < 1.29 is 0 Å². The van der Waals surface area contributed by atoms with E-state index in [9.17, 15) is 0 Å². The van der Waals surface area contributed by atoms with E-state index in [0.717, 1.165) is 19.0 Å². The molecular weight excluding hydrogens is 148 g/mol. The summed E-state index contributed by atoms with van der Waals surface area (Å²) in [6.45, 7) is 3.95. The first kappa shape index (κ1) is 11.9. The van der Waals surface area contributed by atoms with Gasteiger partial charge < -0.3 is 11.5 Å². The van der Waals surface area contributed by atoms with E-state index in [1.807, 2.05) is 0 Å². The molecule has 0 saturated carbocycles. The van der Waals surface area contributed by atoms with E-state index in [1.54, 1.807) is 0 Å². The van der Waals surface area contributed by atoms with Gasteiger partial charge >= 0.3 is 0 Å². The lowest BCUT2D eigenvalue weighted by molar-refractivity contribution is 0.410. The summed E-state index contributed by atoms with van der Waals surface area (Å²) in [6.07, 6.45) is 7.59. The van der Waals surface area contributed by atoms with E-state index in [4.69, 9.17) is 11.5 Å². The van der Waals surface area contributed by atoms with Gasteiger partial charge in [0.15, 0.2) is 0 Å².